The van der Waals surface area contributed by atoms with E-state index in [1.54, 1.807) is 0 Å². The molecule has 15 heavy (non-hydrogen) atoms. The van der Waals surface area contributed by atoms with Gasteiger partial charge in [0.05, 0.1) is 24.5 Å². The normalized spacial score (nSPS) is 9.13. The molecule has 0 saturated heterocycles. The number of ether oxygens (including phenoxy) is 1. The van der Waals surface area contributed by atoms with Gasteiger partial charge in [-0.15, -0.1) is 11.3 Å². The van der Waals surface area contributed by atoms with Gasteiger partial charge in [-0.3, -0.25) is 5.32 Å². The molecule has 1 aromatic heterocycles. The highest BCUT2D eigenvalue weighted by atomic mass is 32.1. The molecule has 0 spiro atoms. The Morgan fingerprint density at radius 3 is 3.33 bits per heavy atom. The third-order valence-corrected chi connectivity index (χ3v) is 2.43. The topological polar surface area (TPSA) is 63.6 Å². The molecule has 0 aromatic carbocycles. The Morgan fingerprint density at radius 1 is 1.87 bits per heavy atom. The van der Waals surface area contributed by atoms with Crippen molar-refractivity contribution >= 4 is 39.9 Å². The highest BCUT2D eigenvalue weighted by Gasteiger charge is 2.05. The molecule has 80 valence electrons. The molecule has 1 rings (SSSR count). The van der Waals surface area contributed by atoms with Crippen molar-refractivity contribution in [3.8, 4) is 0 Å². The summed E-state index contributed by atoms with van der Waals surface area (Å²) in [6.07, 6.45) is 0.163. The van der Waals surface area contributed by atoms with Crippen LogP contribution in [0.25, 0.3) is 0 Å². The number of aromatic nitrogens is 1. The second kappa shape index (κ2) is 6.23. The summed E-state index contributed by atoms with van der Waals surface area (Å²) in [6.45, 7) is 0.560. The molecule has 0 aliphatic rings. The molecule has 1 N–H and O–H groups in total. The standard InChI is InChI=1S/C8H9N3O2S2/c1-13-8(12)11-7-10-6(4-15-7)2-3-9-5-14/h4H,2-3H2,1H3,(H,10,11,12). The van der Waals surface area contributed by atoms with Crippen LogP contribution in [0.15, 0.2) is 10.4 Å². The van der Waals surface area contributed by atoms with Gasteiger partial charge in [-0.1, -0.05) is 0 Å². The molecular weight excluding hydrogens is 234 g/mol. The molecule has 1 aromatic rings. The SMILES string of the molecule is COC(=O)Nc1nc(CCN=C=S)cs1. The van der Waals surface area contributed by atoms with Gasteiger partial charge in [-0.05, 0) is 12.2 Å². The number of hydrogen-bond acceptors (Lipinski definition) is 6. The number of aliphatic imine (C=N–C) groups is 1. The fraction of sp³-hybridized carbons (Fsp3) is 0.375. The van der Waals surface area contributed by atoms with E-state index in [9.17, 15) is 4.79 Å². The summed E-state index contributed by atoms with van der Waals surface area (Å²) < 4.78 is 4.44. The molecule has 0 fully saturated rings. The first kappa shape index (κ1) is 11.8. The van der Waals surface area contributed by atoms with E-state index >= 15 is 0 Å². The van der Waals surface area contributed by atoms with E-state index in [-0.39, 0.29) is 0 Å². The lowest BCUT2D eigenvalue weighted by molar-refractivity contribution is 0.187. The van der Waals surface area contributed by atoms with Gasteiger partial charge < -0.3 is 4.74 Å². The summed E-state index contributed by atoms with van der Waals surface area (Å²) in [4.78, 5) is 18.8. The minimum atomic E-state index is -0.521. The summed E-state index contributed by atoms with van der Waals surface area (Å²) in [5.41, 5.74) is 0.861. The van der Waals surface area contributed by atoms with Crippen LogP contribution in [0.4, 0.5) is 9.93 Å². The average molecular weight is 243 g/mol. The Balaban J connectivity index is 2.48. The monoisotopic (exact) mass is 243 g/mol. The maximum atomic E-state index is 10.8. The van der Waals surface area contributed by atoms with E-state index in [1.807, 2.05) is 5.38 Å². The molecule has 7 heteroatoms. The number of nitrogens with one attached hydrogen (secondary N) is 1. The Kier molecular flexibility index (Phi) is 4.89. The molecule has 5 nitrogen and oxygen atoms in total. The van der Waals surface area contributed by atoms with Crippen LogP contribution < -0.4 is 5.32 Å². The maximum Gasteiger partial charge on any atom is 0.413 e. The Labute approximate surface area is 96.2 Å². The summed E-state index contributed by atoms with van der Waals surface area (Å²) in [6, 6.07) is 0. The lowest BCUT2D eigenvalue weighted by atomic mass is 10.3. The van der Waals surface area contributed by atoms with Gasteiger partial charge in [0, 0.05) is 11.8 Å². The molecular formula is C8H9N3O2S2. The van der Waals surface area contributed by atoms with Crippen LogP contribution in [-0.4, -0.2) is 29.9 Å². The van der Waals surface area contributed by atoms with Crippen molar-refractivity contribution in [2.75, 3.05) is 19.0 Å². The van der Waals surface area contributed by atoms with E-state index in [0.29, 0.717) is 18.1 Å². The molecule has 0 bridgehead atoms. The Morgan fingerprint density at radius 2 is 2.67 bits per heavy atom. The quantitative estimate of drug-likeness (QED) is 0.648. The number of methoxy groups -OCH3 is 1. The zero-order chi connectivity index (χ0) is 11.1. The number of anilines is 1. The summed E-state index contributed by atoms with van der Waals surface area (Å²) in [5.74, 6) is 0. The molecule has 0 aliphatic carbocycles. The van der Waals surface area contributed by atoms with Crippen LogP contribution in [0, 0.1) is 0 Å². The number of nitrogens with zero attached hydrogens (tertiary/aromatic N) is 2. The lowest BCUT2D eigenvalue weighted by Crippen LogP contribution is -2.10. The second-order valence-corrected chi connectivity index (χ2v) is 3.52. The van der Waals surface area contributed by atoms with Crippen molar-refractivity contribution in [3.63, 3.8) is 0 Å². The van der Waals surface area contributed by atoms with Crippen molar-refractivity contribution in [1.29, 1.82) is 0 Å². The number of carbonyl (C=O) groups excluding carboxylic acids is 1. The first-order chi connectivity index (χ1) is 7.26. The highest BCUT2D eigenvalue weighted by Crippen LogP contribution is 2.15. The van der Waals surface area contributed by atoms with Crippen molar-refractivity contribution in [1.82, 2.24) is 4.98 Å². The third kappa shape index (κ3) is 4.16. The van der Waals surface area contributed by atoms with Crippen LogP contribution >= 0.6 is 23.6 Å². The van der Waals surface area contributed by atoms with Gasteiger partial charge in [0.1, 0.15) is 0 Å². The average Bonchev–Trinajstić information content (AvgIpc) is 2.66. The number of isothiocyanates is 1. The number of carbonyl (C=O) groups is 1. The molecule has 0 unspecified atom stereocenters. The number of rotatable bonds is 4. The third-order valence-electron chi connectivity index (χ3n) is 1.49. The molecule has 0 atom stereocenters. The van der Waals surface area contributed by atoms with E-state index in [4.69, 9.17) is 0 Å². The van der Waals surface area contributed by atoms with Crippen LogP contribution in [-0.2, 0) is 11.2 Å². The van der Waals surface area contributed by atoms with Crippen LogP contribution in [0.3, 0.4) is 0 Å². The van der Waals surface area contributed by atoms with Crippen molar-refractivity contribution in [2.24, 2.45) is 4.99 Å². The van der Waals surface area contributed by atoms with Gasteiger partial charge in [-0.2, -0.15) is 0 Å². The van der Waals surface area contributed by atoms with Crippen LogP contribution in [0.2, 0.25) is 0 Å². The number of hydrogen-bond donors (Lipinski definition) is 1. The molecule has 0 aliphatic heterocycles. The molecule has 0 saturated carbocycles. The molecule has 1 heterocycles. The molecule has 0 radical (unpaired) electrons. The van der Waals surface area contributed by atoms with E-state index in [1.165, 1.54) is 18.4 Å². The Hall–Kier alpha value is -1.30. The van der Waals surface area contributed by atoms with Crippen LogP contribution in [0.5, 0.6) is 0 Å². The predicted molar refractivity (Wildman–Crippen MR) is 61.7 cm³/mol. The zero-order valence-electron chi connectivity index (χ0n) is 8.02. The first-order valence-electron chi connectivity index (χ1n) is 4.09. The first-order valence-corrected chi connectivity index (χ1v) is 5.38. The summed E-state index contributed by atoms with van der Waals surface area (Å²) >= 11 is 5.78. The van der Waals surface area contributed by atoms with E-state index in [2.05, 4.69) is 37.4 Å². The summed E-state index contributed by atoms with van der Waals surface area (Å²) in [7, 11) is 1.30. The lowest BCUT2D eigenvalue weighted by Gasteiger charge is -1.97. The fourth-order valence-electron chi connectivity index (χ4n) is 0.834. The fourth-order valence-corrected chi connectivity index (χ4v) is 1.66. The summed E-state index contributed by atoms with van der Waals surface area (Å²) in [5, 5.41) is 7.13. The van der Waals surface area contributed by atoms with Gasteiger partial charge in [0.25, 0.3) is 0 Å². The maximum absolute atomic E-state index is 10.8. The second-order valence-electron chi connectivity index (χ2n) is 2.48. The van der Waals surface area contributed by atoms with Gasteiger partial charge in [-0.25, -0.2) is 14.8 Å². The smallest absolute Gasteiger partial charge is 0.413 e. The minimum absolute atomic E-state index is 0.517. The van der Waals surface area contributed by atoms with Crippen molar-refractivity contribution in [2.45, 2.75) is 6.42 Å². The van der Waals surface area contributed by atoms with Crippen molar-refractivity contribution in [3.05, 3.63) is 11.1 Å². The van der Waals surface area contributed by atoms with E-state index < -0.39 is 6.09 Å². The van der Waals surface area contributed by atoms with Crippen molar-refractivity contribution < 1.29 is 9.53 Å². The number of amides is 1. The van der Waals surface area contributed by atoms with Gasteiger partial charge in [0.15, 0.2) is 5.13 Å². The van der Waals surface area contributed by atoms with Crippen LogP contribution in [0.1, 0.15) is 5.69 Å². The number of thiazole rings is 1. The predicted octanol–water partition coefficient (Wildman–Crippen LogP) is 1.97. The van der Waals surface area contributed by atoms with Gasteiger partial charge in [0.2, 0.25) is 0 Å². The van der Waals surface area contributed by atoms with Gasteiger partial charge >= 0.3 is 6.09 Å². The Bertz CT molecular complexity index is 385. The minimum Gasteiger partial charge on any atom is -0.453 e. The molecule has 1 amide bonds. The largest absolute Gasteiger partial charge is 0.453 e. The number of thiocarbonyl (C=S) groups is 1. The van der Waals surface area contributed by atoms with E-state index in [0.717, 1.165) is 5.69 Å². The zero-order valence-corrected chi connectivity index (χ0v) is 9.65. The highest BCUT2D eigenvalue weighted by molar-refractivity contribution is 7.78.